The van der Waals surface area contributed by atoms with E-state index in [4.69, 9.17) is 4.99 Å². The molecule has 0 aromatic rings. The summed E-state index contributed by atoms with van der Waals surface area (Å²) in [6.45, 7) is 2.47. The third-order valence-corrected chi connectivity index (χ3v) is 9.97. The van der Waals surface area contributed by atoms with Crippen LogP contribution in [0.25, 0.3) is 0 Å². The predicted octanol–water partition coefficient (Wildman–Crippen LogP) is 5.37. The van der Waals surface area contributed by atoms with Gasteiger partial charge < -0.3 is 0 Å². The molecule has 2 aliphatic carbocycles. The standard InChI is InChI=1S/C22H36N2S/c1-14-7-9-15(10-8-14)17-13-16-11-12-19(24(16)2)21(17)22-23-18-5-3-4-6-20(18)25-22/h14-21H,3-13H2,1-2H3/t14?,15?,16-,17-,18?,19?,20?,21-/m1/s1. The zero-order valence-electron chi connectivity index (χ0n) is 16.2. The highest BCUT2D eigenvalue weighted by molar-refractivity contribution is 8.14. The van der Waals surface area contributed by atoms with Crippen LogP contribution in [0, 0.1) is 23.7 Å². The van der Waals surface area contributed by atoms with E-state index in [0.717, 1.165) is 41.0 Å². The van der Waals surface area contributed by atoms with Crippen LogP contribution in [0.2, 0.25) is 0 Å². The van der Waals surface area contributed by atoms with E-state index in [1.165, 1.54) is 70.6 Å². The quantitative estimate of drug-likeness (QED) is 0.658. The molecule has 3 heteroatoms. The summed E-state index contributed by atoms with van der Waals surface area (Å²) in [5.41, 5.74) is 0. The Morgan fingerprint density at radius 3 is 2.56 bits per heavy atom. The first-order valence-corrected chi connectivity index (χ1v) is 12.0. The Morgan fingerprint density at radius 2 is 1.76 bits per heavy atom. The molecule has 3 aliphatic heterocycles. The van der Waals surface area contributed by atoms with Crippen LogP contribution in [-0.4, -0.2) is 40.4 Å². The SMILES string of the molecule is CC1CCC([C@H]2C[C@H]3CCC([C@@H]2C2=NC4CCCCC4S2)N3C)CC1. The zero-order chi connectivity index (χ0) is 17.0. The molecule has 0 amide bonds. The number of thioether (sulfide) groups is 1. The Morgan fingerprint density at radius 1 is 0.960 bits per heavy atom. The van der Waals surface area contributed by atoms with Gasteiger partial charge in [0.2, 0.25) is 0 Å². The van der Waals surface area contributed by atoms with Gasteiger partial charge in [0, 0.05) is 23.3 Å². The van der Waals surface area contributed by atoms with Gasteiger partial charge in [0.05, 0.1) is 11.1 Å². The van der Waals surface area contributed by atoms with E-state index in [9.17, 15) is 0 Å². The van der Waals surface area contributed by atoms with Crippen molar-refractivity contribution in [2.75, 3.05) is 7.05 Å². The Hall–Kier alpha value is -0.0200. The highest BCUT2D eigenvalue weighted by Gasteiger charge is 2.51. The van der Waals surface area contributed by atoms with E-state index in [1.807, 2.05) is 0 Å². The van der Waals surface area contributed by atoms with Crippen LogP contribution in [0.1, 0.15) is 77.6 Å². The monoisotopic (exact) mass is 360 g/mol. The van der Waals surface area contributed by atoms with Crippen molar-refractivity contribution in [2.45, 2.75) is 101 Å². The molecular formula is C22H36N2S. The van der Waals surface area contributed by atoms with Gasteiger partial charge in [-0.3, -0.25) is 9.89 Å². The van der Waals surface area contributed by atoms with Gasteiger partial charge in [0.15, 0.2) is 0 Å². The summed E-state index contributed by atoms with van der Waals surface area (Å²) in [7, 11) is 2.42. The average Bonchev–Trinajstić information content (AvgIpc) is 3.14. The normalized spacial score (nSPS) is 50.6. The highest BCUT2D eigenvalue weighted by atomic mass is 32.2. The zero-order valence-corrected chi connectivity index (χ0v) is 17.0. The van der Waals surface area contributed by atoms with Crippen molar-refractivity contribution >= 4 is 16.8 Å². The van der Waals surface area contributed by atoms with Gasteiger partial charge in [-0.15, -0.1) is 11.8 Å². The molecule has 0 N–H and O–H groups in total. The molecule has 2 bridgehead atoms. The second-order valence-corrected chi connectivity index (χ2v) is 11.1. The number of aliphatic imine (C=N–C) groups is 1. The maximum absolute atomic E-state index is 5.40. The molecule has 6 atom stereocenters. The van der Waals surface area contributed by atoms with Gasteiger partial charge in [-0.1, -0.05) is 32.6 Å². The molecule has 0 aromatic heterocycles. The van der Waals surface area contributed by atoms with Crippen molar-refractivity contribution in [2.24, 2.45) is 28.7 Å². The van der Waals surface area contributed by atoms with Gasteiger partial charge in [-0.25, -0.2) is 0 Å². The summed E-state index contributed by atoms with van der Waals surface area (Å²) in [6, 6.07) is 2.35. The van der Waals surface area contributed by atoms with Crippen LogP contribution in [-0.2, 0) is 0 Å². The van der Waals surface area contributed by atoms with Gasteiger partial charge in [-0.2, -0.15) is 0 Å². The lowest BCUT2D eigenvalue weighted by atomic mass is 9.67. The van der Waals surface area contributed by atoms with E-state index >= 15 is 0 Å². The summed E-state index contributed by atoms with van der Waals surface area (Å²) >= 11 is 2.23. The average molecular weight is 361 g/mol. The van der Waals surface area contributed by atoms with Crippen LogP contribution in [0.3, 0.4) is 0 Å². The molecule has 2 nitrogen and oxygen atoms in total. The fourth-order valence-corrected chi connectivity index (χ4v) is 8.56. The Balaban J connectivity index is 1.41. The van der Waals surface area contributed by atoms with E-state index in [0.29, 0.717) is 6.04 Å². The minimum absolute atomic E-state index is 0.671. The van der Waals surface area contributed by atoms with Gasteiger partial charge in [0.25, 0.3) is 0 Å². The molecule has 2 saturated carbocycles. The molecule has 140 valence electrons. The molecule has 2 saturated heterocycles. The van der Waals surface area contributed by atoms with Crippen molar-refractivity contribution in [1.82, 2.24) is 4.90 Å². The lowest BCUT2D eigenvalue weighted by Crippen LogP contribution is -2.51. The first-order valence-electron chi connectivity index (χ1n) is 11.2. The van der Waals surface area contributed by atoms with Crippen LogP contribution in [0.5, 0.6) is 0 Å². The second-order valence-electron chi connectivity index (χ2n) is 9.88. The fourth-order valence-electron chi connectivity index (χ4n) is 6.93. The summed E-state index contributed by atoms with van der Waals surface area (Å²) in [5.74, 6) is 3.67. The number of nitrogens with zero attached hydrogens (tertiary/aromatic N) is 2. The van der Waals surface area contributed by atoms with Gasteiger partial charge in [0.1, 0.15) is 0 Å². The minimum atomic E-state index is 0.671. The Kier molecular flexibility index (Phi) is 4.69. The Labute approximate surface area is 158 Å². The van der Waals surface area contributed by atoms with Crippen molar-refractivity contribution < 1.29 is 0 Å². The summed E-state index contributed by atoms with van der Waals surface area (Å²) < 4.78 is 0. The fraction of sp³-hybridized carbons (Fsp3) is 0.955. The summed E-state index contributed by atoms with van der Waals surface area (Å²) in [4.78, 5) is 8.16. The molecule has 3 heterocycles. The molecule has 25 heavy (non-hydrogen) atoms. The molecule has 5 rings (SSSR count). The number of hydrogen-bond acceptors (Lipinski definition) is 3. The first kappa shape index (κ1) is 17.1. The van der Waals surface area contributed by atoms with Crippen molar-refractivity contribution in [3.05, 3.63) is 0 Å². The number of piperidine rings is 1. The molecule has 0 radical (unpaired) electrons. The smallest absolute Gasteiger partial charge is 0.0732 e. The van der Waals surface area contributed by atoms with Gasteiger partial charge >= 0.3 is 0 Å². The van der Waals surface area contributed by atoms with E-state index in [2.05, 4.69) is 30.6 Å². The van der Waals surface area contributed by atoms with Crippen molar-refractivity contribution in [1.29, 1.82) is 0 Å². The Bertz CT molecular complexity index is 524. The van der Waals surface area contributed by atoms with Crippen LogP contribution >= 0.6 is 11.8 Å². The van der Waals surface area contributed by atoms with Crippen molar-refractivity contribution in [3.8, 4) is 0 Å². The molecule has 0 aromatic carbocycles. The van der Waals surface area contributed by atoms with E-state index < -0.39 is 0 Å². The van der Waals surface area contributed by atoms with Crippen molar-refractivity contribution in [3.63, 3.8) is 0 Å². The largest absolute Gasteiger partial charge is 0.300 e. The molecule has 5 aliphatic rings. The third-order valence-electron chi connectivity index (χ3n) is 8.50. The number of hydrogen-bond donors (Lipinski definition) is 0. The van der Waals surface area contributed by atoms with Gasteiger partial charge in [-0.05, 0) is 69.7 Å². The minimum Gasteiger partial charge on any atom is -0.300 e. The predicted molar refractivity (Wildman–Crippen MR) is 108 cm³/mol. The summed E-state index contributed by atoms with van der Waals surface area (Å²) in [6.07, 6.45) is 15.9. The number of fused-ring (bicyclic) bond motifs is 3. The number of rotatable bonds is 2. The molecule has 4 fully saturated rings. The second kappa shape index (κ2) is 6.86. The first-order chi connectivity index (χ1) is 12.2. The maximum Gasteiger partial charge on any atom is 0.0732 e. The molecule has 3 unspecified atom stereocenters. The summed E-state index contributed by atoms with van der Waals surface area (Å²) in [5, 5.41) is 2.44. The lowest BCUT2D eigenvalue weighted by molar-refractivity contribution is 0.0538. The van der Waals surface area contributed by atoms with Crippen LogP contribution in [0.4, 0.5) is 0 Å². The topological polar surface area (TPSA) is 15.6 Å². The van der Waals surface area contributed by atoms with E-state index in [1.54, 1.807) is 5.04 Å². The van der Waals surface area contributed by atoms with E-state index in [-0.39, 0.29) is 0 Å². The van der Waals surface area contributed by atoms with Crippen LogP contribution < -0.4 is 0 Å². The molecule has 0 spiro atoms. The highest BCUT2D eigenvalue weighted by Crippen LogP contribution is 2.52. The molecular weight excluding hydrogens is 324 g/mol. The third kappa shape index (κ3) is 3.02. The van der Waals surface area contributed by atoms with Crippen LogP contribution in [0.15, 0.2) is 4.99 Å². The lowest BCUT2D eigenvalue weighted by Gasteiger charge is -2.47. The maximum atomic E-state index is 5.40.